The van der Waals surface area contributed by atoms with Crippen LogP contribution in [0.15, 0.2) is 54.6 Å². The summed E-state index contributed by atoms with van der Waals surface area (Å²) in [4.78, 5) is 0. The fourth-order valence-corrected chi connectivity index (χ4v) is 2.42. The van der Waals surface area contributed by atoms with Crippen molar-refractivity contribution in [2.24, 2.45) is 11.7 Å². The van der Waals surface area contributed by atoms with E-state index in [0.29, 0.717) is 6.61 Å². The second-order valence-electron chi connectivity index (χ2n) is 5.63. The molecule has 0 radical (unpaired) electrons. The summed E-state index contributed by atoms with van der Waals surface area (Å²) in [5, 5.41) is 0. The van der Waals surface area contributed by atoms with Crippen LogP contribution in [-0.4, -0.2) is 0 Å². The average molecular weight is 304 g/mol. The minimum atomic E-state index is 0. The maximum Gasteiger partial charge on any atom is 0.120 e. The molecule has 2 aromatic rings. The third-order valence-electron chi connectivity index (χ3n) is 3.82. The highest BCUT2D eigenvalue weighted by molar-refractivity contribution is 5.85. The lowest BCUT2D eigenvalue weighted by Crippen LogP contribution is -2.11. The first kappa shape index (κ1) is 15.9. The molecule has 1 saturated carbocycles. The summed E-state index contributed by atoms with van der Waals surface area (Å²) >= 11 is 0. The molecule has 0 aromatic heterocycles. The van der Waals surface area contributed by atoms with Gasteiger partial charge in [-0.2, -0.15) is 0 Å². The van der Waals surface area contributed by atoms with Gasteiger partial charge in [0.1, 0.15) is 12.4 Å². The highest BCUT2D eigenvalue weighted by atomic mass is 35.5. The van der Waals surface area contributed by atoms with Gasteiger partial charge in [0.05, 0.1) is 0 Å². The highest BCUT2D eigenvalue weighted by Crippen LogP contribution is 2.37. The predicted octanol–water partition coefficient (Wildman–Crippen LogP) is 4.49. The van der Waals surface area contributed by atoms with Crippen LogP contribution >= 0.6 is 12.4 Å². The van der Waals surface area contributed by atoms with Gasteiger partial charge in [-0.15, -0.1) is 12.4 Å². The topological polar surface area (TPSA) is 35.2 Å². The molecule has 0 saturated heterocycles. The number of rotatable bonds is 6. The maximum absolute atomic E-state index is 6.26. The normalized spacial score (nSPS) is 15.1. The van der Waals surface area contributed by atoms with Crippen LogP contribution in [0.2, 0.25) is 0 Å². The van der Waals surface area contributed by atoms with Crippen LogP contribution in [0.4, 0.5) is 0 Å². The lowest BCUT2D eigenvalue weighted by Gasteiger charge is -2.13. The first-order chi connectivity index (χ1) is 9.81. The van der Waals surface area contributed by atoms with Gasteiger partial charge in [0, 0.05) is 6.04 Å². The van der Waals surface area contributed by atoms with E-state index in [1.165, 1.54) is 24.0 Å². The smallest absolute Gasteiger partial charge is 0.120 e. The van der Waals surface area contributed by atoms with E-state index in [9.17, 15) is 0 Å². The molecule has 2 nitrogen and oxygen atoms in total. The lowest BCUT2D eigenvalue weighted by atomic mass is 10.0. The third kappa shape index (κ3) is 4.76. The molecule has 3 rings (SSSR count). The number of benzene rings is 2. The van der Waals surface area contributed by atoms with E-state index >= 15 is 0 Å². The molecule has 2 N–H and O–H groups in total. The van der Waals surface area contributed by atoms with Crippen LogP contribution in [-0.2, 0) is 6.61 Å². The summed E-state index contributed by atoms with van der Waals surface area (Å²) in [6.07, 6.45) is 3.79. The molecule has 1 aliphatic carbocycles. The van der Waals surface area contributed by atoms with Gasteiger partial charge >= 0.3 is 0 Å². The molecular formula is C18H22ClNO. The van der Waals surface area contributed by atoms with Crippen LogP contribution < -0.4 is 10.5 Å². The van der Waals surface area contributed by atoms with Gasteiger partial charge in [-0.3, -0.25) is 0 Å². The number of halogens is 1. The molecule has 0 spiro atoms. The van der Waals surface area contributed by atoms with Crippen molar-refractivity contribution in [1.82, 2.24) is 0 Å². The van der Waals surface area contributed by atoms with Crippen LogP contribution in [0.25, 0.3) is 0 Å². The molecule has 2 aromatic carbocycles. The zero-order valence-electron chi connectivity index (χ0n) is 12.1. The van der Waals surface area contributed by atoms with Crippen molar-refractivity contribution in [3.63, 3.8) is 0 Å². The molecule has 21 heavy (non-hydrogen) atoms. The van der Waals surface area contributed by atoms with Crippen molar-refractivity contribution in [2.45, 2.75) is 31.9 Å². The number of hydrogen-bond acceptors (Lipinski definition) is 2. The van der Waals surface area contributed by atoms with E-state index < -0.39 is 0 Å². The number of ether oxygens (including phenoxy) is 1. The number of nitrogens with two attached hydrogens (primary N) is 1. The molecule has 1 atom stereocenters. The van der Waals surface area contributed by atoms with Crippen LogP contribution in [0.5, 0.6) is 5.75 Å². The summed E-state index contributed by atoms with van der Waals surface area (Å²) in [5.41, 5.74) is 8.62. The molecule has 1 fully saturated rings. The van der Waals surface area contributed by atoms with E-state index in [1.807, 2.05) is 30.3 Å². The summed E-state index contributed by atoms with van der Waals surface area (Å²) in [5.74, 6) is 1.75. The van der Waals surface area contributed by atoms with E-state index in [4.69, 9.17) is 10.5 Å². The van der Waals surface area contributed by atoms with Gasteiger partial charge in [0.25, 0.3) is 0 Å². The highest BCUT2D eigenvalue weighted by Gasteiger charge is 2.24. The Hall–Kier alpha value is -1.51. The molecule has 3 heteroatoms. The maximum atomic E-state index is 6.26. The summed E-state index contributed by atoms with van der Waals surface area (Å²) in [6, 6.07) is 18.6. The van der Waals surface area contributed by atoms with Crippen molar-refractivity contribution in [2.75, 3.05) is 0 Å². The molecule has 112 valence electrons. The molecular weight excluding hydrogens is 282 g/mol. The number of hydrogen-bond donors (Lipinski definition) is 1. The summed E-state index contributed by atoms with van der Waals surface area (Å²) in [7, 11) is 0. The monoisotopic (exact) mass is 303 g/mol. The fraction of sp³-hybridized carbons (Fsp3) is 0.333. The average Bonchev–Trinajstić information content (AvgIpc) is 3.30. The fourth-order valence-electron chi connectivity index (χ4n) is 2.42. The van der Waals surface area contributed by atoms with Crippen molar-refractivity contribution >= 4 is 12.4 Å². The van der Waals surface area contributed by atoms with Crippen LogP contribution in [0.3, 0.4) is 0 Å². The molecule has 0 aliphatic heterocycles. The van der Waals surface area contributed by atoms with Crippen LogP contribution in [0.1, 0.15) is 36.4 Å². The zero-order valence-corrected chi connectivity index (χ0v) is 12.9. The Balaban J connectivity index is 0.00000161. The van der Waals surface area contributed by atoms with Gasteiger partial charge in [-0.25, -0.2) is 0 Å². The Labute approximate surface area is 132 Å². The second kappa shape index (κ2) is 7.48. The molecule has 0 heterocycles. The Bertz CT molecular complexity index is 554. The van der Waals surface area contributed by atoms with E-state index in [1.54, 1.807) is 0 Å². The van der Waals surface area contributed by atoms with Crippen molar-refractivity contribution in [3.05, 3.63) is 65.7 Å². The van der Waals surface area contributed by atoms with E-state index in [2.05, 4.69) is 24.3 Å². The SMILES string of the molecule is Cl.N[C@@H](CC1CC1)c1cccc(OCc2ccccc2)c1. The molecule has 0 unspecified atom stereocenters. The zero-order chi connectivity index (χ0) is 13.8. The Morgan fingerprint density at radius 3 is 2.52 bits per heavy atom. The van der Waals surface area contributed by atoms with Crippen molar-refractivity contribution < 1.29 is 4.74 Å². The Morgan fingerprint density at radius 1 is 1.05 bits per heavy atom. The first-order valence-electron chi connectivity index (χ1n) is 7.33. The minimum Gasteiger partial charge on any atom is -0.489 e. The standard InChI is InChI=1S/C18H21NO.ClH/c19-18(11-14-9-10-14)16-7-4-8-17(12-16)20-13-15-5-2-1-3-6-15;/h1-8,12,14,18H,9-11,13,19H2;1H/t18-;/m0./s1. The van der Waals surface area contributed by atoms with Crippen molar-refractivity contribution in [1.29, 1.82) is 0 Å². The lowest BCUT2D eigenvalue weighted by molar-refractivity contribution is 0.305. The predicted molar refractivity (Wildman–Crippen MR) is 88.7 cm³/mol. The van der Waals surface area contributed by atoms with Gasteiger partial charge < -0.3 is 10.5 Å². The quantitative estimate of drug-likeness (QED) is 0.853. The summed E-state index contributed by atoms with van der Waals surface area (Å²) < 4.78 is 5.85. The van der Waals surface area contributed by atoms with E-state index in [-0.39, 0.29) is 18.4 Å². The Morgan fingerprint density at radius 2 is 1.81 bits per heavy atom. The molecule has 0 bridgehead atoms. The van der Waals surface area contributed by atoms with Gasteiger partial charge in [0.2, 0.25) is 0 Å². The third-order valence-corrected chi connectivity index (χ3v) is 3.82. The second-order valence-corrected chi connectivity index (χ2v) is 5.63. The van der Waals surface area contributed by atoms with Crippen molar-refractivity contribution in [3.8, 4) is 5.75 Å². The summed E-state index contributed by atoms with van der Waals surface area (Å²) in [6.45, 7) is 0.599. The largest absolute Gasteiger partial charge is 0.489 e. The van der Waals surface area contributed by atoms with Gasteiger partial charge in [-0.1, -0.05) is 55.3 Å². The van der Waals surface area contributed by atoms with E-state index in [0.717, 1.165) is 18.1 Å². The molecule has 1 aliphatic rings. The Kier molecular flexibility index (Phi) is 5.66. The van der Waals surface area contributed by atoms with Gasteiger partial charge in [0.15, 0.2) is 0 Å². The molecule has 0 amide bonds. The van der Waals surface area contributed by atoms with Gasteiger partial charge in [-0.05, 0) is 35.6 Å². The van der Waals surface area contributed by atoms with Crippen LogP contribution in [0, 0.1) is 5.92 Å². The minimum absolute atomic E-state index is 0. The first-order valence-corrected chi connectivity index (χ1v) is 7.33.